The van der Waals surface area contributed by atoms with Crippen LogP contribution in [-0.4, -0.2) is 21.1 Å². The van der Waals surface area contributed by atoms with E-state index in [1.165, 1.54) is 6.20 Å². The van der Waals surface area contributed by atoms with Gasteiger partial charge in [0.1, 0.15) is 0 Å². The number of nitrogens with one attached hydrogen (secondary N) is 2. The van der Waals surface area contributed by atoms with Crippen molar-refractivity contribution >= 4 is 5.91 Å². The van der Waals surface area contributed by atoms with Crippen molar-refractivity contribution in [1.29, 1.82) is 0 Å². The third-order valence-electron chi connectivity index (χ3n) is 4.02. The second-order valence-corrected chi connectivity index (χ2v) is 5.95. The monoisotopic (exact) mass is 414 g/mol. The third kappa shape index (κ3) is 4.55. The molecule has 2 aromatic heterocycles. The predicted octanol–water partition coefficient (Wildman–Crippen LogP) is 4.36. The largest absolute Gasteiger partial charge is 0.418 e. The Morgan fingerprint density at radius 2 is 1.69 bits per heavy atom. The summed E-state index contributed by atoms with van der Waals surface area (Å²) in [4.78, 5) is 16.1. The lowest BCUT2D eigenvalue weighted by atomic mass is 9.97. The molecule has 0 bridgehead atoms. The summed E-state index contributed by atoms with van der Waals surface area (Å²) < 4.78 is 78.8. The molecule has 0 radical (unpaired) electrons. The number of amides is 1. The van der Waals surface area contributed by atoms with E-state index in [4.69, 9.17) is 0 Å². The number of hydrogen-bond donors (Lipinski definition) is 2. The van der Waals surface area contributed by atoms with Crippen LogP contribution in [0.3, 0.4) is 0 Å². The fraction of sp³-hybridized carbons (Fsp3) is 0.167. The van der Waals surface area contributed by atoms with Crippen molar-refractivity contribution in [2.24, 2.45) is 0 Å². The SMILES string of the molecule is O=C(N[C@@H](c1ccc(C(F)(F)F)cc1)c1ncccc1C(F)(F)F)c1cn[nH]c1. The van der Waals surface area contributed by atoms with Gasteiger partial charge in [-0.15, -0.1) is 0 Å². The number of hydrogen-bond acceptors (Lipinski definition) is 3. The van der Waals surface area contributed by atoms with Crippen LogP contribution >= 0.6 is 0 Å². The minimum atomic E-state index is -4.78. The Morgan fingerprint density at radius 3 is 2.24 bits per heavy atom. The van der Waals surface area contributed by atoms with E-state index >= 15 is 0 Å². The molecule has 0 saturated heterocycles. The quantitative estimate of drug-likeness (QED) is 0.624. The molecule has 1 amide bonds. The van der Waals surface area contributed by atoms with Gasteiger partial charge in [0, 0.05) is 12.4 Å². The minimum absolute atomic E-state index is 0.000884. The van der Waals surface area contributed by atoms with Crippen LogP contribution in [0.25, 0.3) is 0 Å². The van der Waals surface area contributed by atoms with E-state index in [0.717, 1.165) is 48.8 Å². The second-order valence-electron chi connectivity index (χ2n) is 5.95. The predicted molar refractivity (Wildman–Crippen MR) is 88.6 cm³/mol. The number of benzene rings is 1. The number of carbonyl (C=O) groups excluding carboxylic acids is 1. The Kier molecular flexibility index (Phi) is 5.31. The van der Waals surface area contributed by atoms with Gasteiger partial charge < -0.3 is 5.32 Å². The maximum absolute atomic E-state index is 13.4. The van der Waals surface area contributed by atoms with Crippen molar-refractivity contribution in [2.45, 2.75) is 18.4 Å². The van der Waals surface area contributed by atoms with Crippen molar-refractivity contribution in [2.75, 3.05) is 0 Å². The number of rotatable bonds is 4. The maximum atomic E-state index is 13.4. The van der Waals surface area contributed by atoms with Crippen LogP contribution in [0.4, 0.5) is 26.3 Å². The van der Waals surface area contributed by atoms with Gasteiger partial charge in [-0.05, 0) is 29.8 Å². The Morgan fingerprint density at radius 1 is 1.00 bits per heavy atom. The molecule has 0 aliphatic rings. The molecule has 0 unspecified atom stereocenters. The fourth-order valence-electron chi connectivity index (χ4n) is 2.65. The molecule has 11 heteroatoms. The number of pyridine rings is 1. The number of aromatic nitrogens is 3. The van der Waals surface area contributed by atoms with E-state index < -0.39 is 41.1 Å². The summed E-state index contributed by atoms with van der Waals surface area (Å²) in [5, 5.41) is 8.36. The summed E-state index contributed by atoms with van der Waals surface area (Å²) in [5.41, 5.74) is -2.60. The lowest BCUT2D eigenvalue weighted by molar-refractivity contribution is -0.139. The first kappa shape index (κ1) is 20.4. The normalized spacial score (nSPS) is 13.2. The number of alkyl halides is 6. The van der Waals surface area contributed by atoms with Crippen molar-refractivity contribution in [3.05, 3.63) is 82.9 Å². The maximum Gasteiger partial charge on any atom is 0.418 e. The van der Waals surface area contributed by atoms with Gasteiger partial charge in [-0.1, -0.05) is 12.1 Å². The van der Waals surface area contributed by atoms with Gasteiger partial charge in [0.25, 0.3) is 5.91 Å². The van der Waals surface area contributed by atoms with Gasteiger partial charge >= 0.3 is 12.4 Å². The molecule has 2 heterocycles. The summed E-state index contributed by atoms with van der Waals surface area (Å²) in [6, 6.07) is 3.86. The van der Waals surface area contributed by atoms with Crippen LogP contribution in [0.1, 0.15) is 38.8 Å². The first-order valence-electron chi connectivity index (χ1n) is 8.06. The summed E-state index contributed by atoms with van der Waals surface area (Å²) in [6.07, 6.45) is -5.92. The molecule has 1 atom stereocenters. The molecule has 1 aromatic carbocycles. The molecule has 0 fully saturated rings. The highest BCUT2D eigenvalue weighted by Gasteiger charge is 2.37. The lowest BCUT2D eigenvalue weighted by Gasteiger charge is -2.22. The molecule has 0 aliphatic heterocycles. The number of halogens is 6. The first-order chi connectivity index (χ1) is 13.6. The third-order valence-corrected chi connectivity index (χ3v) is 4.02. The topological polar surface area (TPSA) is 70.7 Å². The standard InChI is InChI=1S/C18H12F6N4O/c19-17(20,21)12-5-3-10(4-6-12)14(28-16(29)11-8-26-27-9-11)15-13(18(22,23)24)2-1-7-25-15/h1-9,14H,(H,26,27)(H,28,29)/t14-/m0/s1. The van der Waals surface area contributed by atoms with E-state index in [2.05, 4.69) is 20.5 Å². The highest BCUT2D eigenvalue weighted by atomic mass is 19.4. The van der Waals surface area contributed by atoms with Crippen LogP contribution in [0.2, 0.25) is 0 Å². The van der Waals surface area contributed by atoms with Crippen molar-refractivity contribution < 1.29 is 31.1 Å². The van der Waals surface area contributed by atoms with Crippen LogP contribution in [0.5, 0.6) is 0 Å². The number of aromatic amines is 1. The molecule has 3 aromatic rings. The van der Waals surface area contributed by atoms with E-state index in [9.17, 15) is 31.1 Å². The highest BCUT2D eigenvalue weighted by Crippen LogP contribution is 2.36. The Bertz CT molecular complexity index is 981. The van der Waals surface area contributed by atoms with Crippen LogP contribution in [0, 0.1) is 0 Å². The molecule has 2 N–H and O–H groups in total. The Balaban J connectivity index is 2.07. The van der Waals surface area contributed by atoms with Gasteiger partial charge in [-0.2, -0.15) is 31.4 Å². The average molecular weight is 414 g/mol. The average Bonchev–Trinajstić information content (AvgIpc) is 3.20. The smallest absolute Gasteiger partial charge is 0.339 e. The van der Waals surface area contributed by atoms with Gasteiger partial charge in [-0.3, -0.25) is 14.9 Å². The summed E-state index contributed by atoms with van der Waals surface area (Å²) in [5.74, 6) is -0.776. The molecule has 0 spiro atoms. The van der Waals surface area contributed by atoms with Crippen LogP contribution in [-0.2, 0) is 12.4 Å². The number of H-pyrrole nitrogens is 1. The molecular weight excluding hydrogens is 402 g/mol. The van der Waals surface area contributed by atoms with E-state index in [1.807, 2.05) is 0 Å². The first-order valence-corrected chi connectivity index (χ1v) is 8.06. The second kappa shape index (κ2) is 7.57. The van der Waals surface area contributed by atoms with Crippen molar-refractivity contribution in [3.8, 4) is 0 Å². The zero-order valence-corrected chi connectivity index (χ0v) is 14.3. The lowest BCUT2D eigenvalue weighted by Crippen LogP contribution is -2.31. The minimum Gasteiger partial charge on any atom is -0.339 e. The summed E-state index contributed by atoms with van der Waals surface area (Å²) >= 11 is 0. The molecule has 0 saturated carbocycles. The van der Waals surface area contributed by atoms with E-state index in [0.29, 0.717) is 0 Å². The van der Waals surface area contributed by atoms with Crippen LogP contribution < -0.4 is 5.32 Å². The number of carbonyl (C=O) groups is 1. The van der Waals surface area contributed by atoms with Crippen LogP contribution in [0.15, 0.2) is 55.0 Å². The molecule has 152 valence electrons. The zero-order chi connectivity index (χ0) is 21.2. The van der Waals surface area contributed by atoms with Crippen molar-refractivity contribution in [1.82, 2.24) is 20.5 Å². The van der Waals surface area contributed by atoms with Crippen molar-refractivity contribution in [3.63, 3.8) is 0 Å². The molecule has 29 heavy (non-hydrogen) atoms. The van der Waals surface area contributed by atoms with Gasteiger partial charge in [-0.25, -0.2) is 0 Å². The fourth-order valence-corrected chi connectivity index (χ4v) is 2.65. The highest BCUT2D eigenvalue weighted by molar-refractivity contribution is 5.94. The molecule has 3 rings (SSSR count). The van der Waals surface area contributed by atoms with Gasteiger partial charge in [0.2, 0.25) is 0 Å². The Hall–Kier alpha value is -3.37. The molecule has 0 aliphatic carbocycles. The number of nitrogens with zero attached hydrogens (tertiary/aromatic N) is 2. The van der Waals surface area contributed by atoms with E-state index in [-0.39, 0.29) is 11.1 Å². The van der Waals surface area contributed by atoms with Gasteiger partial charge in [0.15, 0.2) is 0 Å². The summed E-state index contributed by atoms with van der Waals surface area (Å²) in [7, 11) is 0. The van der Waals surface area contributed by atoms with Gasteiger partial charge in [0.05, 0.1) is 34.6 Å². The molecular formula is C18H12F6N4O. The van der Waals surface area contributed by atoms with E-state index in [1.54, 1.807) is 0 Å². The molecule has 5 nitrogen and oxygen atoms in total. The summed E-state index contributed by atoms with van der Waals surface area (Å²) in [6.45, 7) is 0. The Labute approximate surface area is 159 Å². The zero-order valence-electron chi connectivity index (χ0n) is 14.3.